The van der Waals surface area contributed by atoms with Crippen LogP contribution in [0.15, 0.2) is 34.9 Å². The molecule has 3 aromatic rings. The lowest BCUT2D eigenvalue weighted by Crippen LogP contribution is -2.28. The maximum Gasteiger partial charge on any atom is 0.259 e. The van der Waals surface area contributed by atoms with Crippen molar-refractivity contribution in [3.8, 4) is 5.75 Å². The van der Waals surface area contributed by atoms with Gasteiger partial charge in [0.05, 0.1) is 23.8 Å². The number of nitrogens with one attached hydrogen (secondary N) is 1. The quantitative estimate of drug-likeness (QED) is 0.681. The molecule has 1 atom stereocenters. The minimum absolute atomic E-state index is 0.0135. The van der Waals surface area contributed by atoms with E-state index in [9.17, 15) is 9.59 Å². The topological polar surface area (TPSA) is 97.6 Å². The first-order chi connectivity index (χ1) is 15.1. The number of pyridine rings is 1. The summed E-state index contributed by atoms with van der Waals surface area (Å²) in [6.07, 6.45) is 2.91. The second kappa shape index (κ2) is 7.68. The number of amides is 2. The second-order valence-electron chi connectivity index (χ2n) is 8.16. The van der Waals surface area contributed by atoms with Crippen molar-refractivity contribution in [3.05, 3.63) is 52.8 Å². The molecule has 2 amide bonds. The van der Waals surface area contributed by atoms with Gasteiger partial charge in [0.15, 0.2) is 0 Å². The number of carbonyl (C=O) groups is 2. The van der Waals surface area contributed by atoms with Crippen molar-refractivity contribution < 1.29 is 18.8 Å². The largest absolute Gasteiger partial charge is 0.497 e. The molecule has 3 heterocycles. The van der Waals surface area contributed by atoms with E-state index >= 15 is 0 Å². The summed E-state index contributed by atoms with van der Waals surface area (Å²) < 4.78 is 10.7. The third-order valence-electron chi connectivity index (χ3n) is 6.16. The Hall–Kier alpha value is -3.42. The number of ether oxygens (including phenoxy) is 1. The number of carbonyl (C=O) groups excluding carboxylic acids is 2. The van der Waals surface area contributed by atoms with Crippen molar-refractivity contribution in [2.24, 2.45) is 0 Å². The summed E-state index contributed by atoms with van der Waals surface area (Å²) in [5.74, 6) is 0.886. The van der Waals surface area contributed by atoms with Crippen molar-refractivity contribution in [1.82, 2.24) is 20.4 Å². The number of fused-ring (bicyclic) bond motifs is 1. The Balaban J connectivity index is 1.43. The van der Waals surface area contributed by atoms with Crippen LogP contribution >= 0.6 is 0 Å². The van der Waals surface area contributed by atoms with Gasteiger partial charge in [-0.05, 0) is 49.6 Å². The van der Waals surface area contributed by atoms with Gasteiger partial charge in [-0.2, -0.15) is 0 Å². The third-order valence-corrected chi connectivity index (χ3v) is 6.16. The molecule has 8 heteroatoms. The van der Waals surface area contributed by atoms with E-state index in [0.29, 0.717) is 52.7 Å². The standard InChI is InChI=1S/C23H24N4O4/c1-24-21(28)17-11-18(13-3-4-13)25-22-19(17)20(26-31-22)15-9-10-27(12-15)23(29)14-5-7-16(30-2)8-6-14/h5-8,11,13,15H,3-4,9-10,12H2,1-2H3,(H,24,28). The molecule has 8 nitrogen and oxygen atoms in total. The van der Waals surface area contributed by atoms with Crippen LogP contribution in [0.2, 0.25) is 0 Å². The highest BCUT2D eigenvalue weighted by Crippen LogP contribution is 2.41. The number of aromatic nitrogens is 2. The molecule has 1 unspecified atom stereocenters. The van der Waals surface area contributed by atoms with E-state index in [1.54, 1.807) is 38.4 Å². The third kappa shape index (κ3) is 3.52. The van der Waals surface area contributed by atoms with Crippen LogP contribution in [-0.4, -0.2) is 54.1 Å². The highest BCUT2D eigenvalue weighted by molar-refractivity contribution is 6.06. The zero-order valence-corrected chi connectivity index (χ0v) is 17.6. The van der Waals surface area contributed by atoms with Gasteiger partial charge in [0.1, 0.15) is 5.75 Å². The number of rotatable bonds is 5. The molecule has 1 N–H and O–H groups in total. The Kier molecular flexibility index (Phi) is 4.84. The molecule has 0 bridgehead atoms. The average molecular weight is 420 g/mol. The molecule has 5 rings (SSSR count). The highest BCUT2D eigenvalue weighted by atomic mass is 16.5. The first-order valence-corrected chi connectivity index (χ1v) is 10.5. The molecule has 160 valence electrons. The number of likely N-dealkylation sites (tertiary alicyclic amines) is 1. The van der Waals surface area contributed by atoms with E-state index in [4.69, 9.17) is 9.26 Å². The van der Waals surface area contributed by atoms with E-state index in [1.165, 1.54) is 0 Å². The lowest BCUT2D eigenvalue weighted by atomic mass is 9.98. The molecule has 31 heavy (non-hydrogen) atoms. The van der Waals surface area contributed by atoms with Gasteiger partial charge in [-0.15, -0.1) is 0 Å². The first kappa shape index (κ1) is 19.5. The monoisotopic (exact) mass is 420 g/mol. The van der Waals surface area contributed by atoms with Crippen LogP contribution in [0.1, 0.15) is 63.2 Å². The minimum atomic E-state index is -0.178. The predicted octanol–water partition coefficient (Wildman–Crippen LogP) is 3.10. The Morgan fingerprint density at radius 3 is 2.61 bits per heavy atom. The summed E-state index contributed by atoms with van der Waals surface area (Å²) in [5, 5.41) is 7.67. The number of hydrogen-bond acceptors (Lipinski definition) is 6. The smallest absolute Gasteiger partial charge is 0.259 e. The summed E-state index contributed by atoms with van der Waals surface area (Å²) >= 11 is 0. The lowest BCUT2D eigenvalue weighted by Gasteiger charge is -2.16. The molecule has 1 saturated heterocycles. The predicted molar refractivity (Wildman–Crippen MR) is 113 cm³/mol. The summed E-state index contributed by atoms with van der Waals surface area (Å²) in [6.45, 7) is 1.14. The Morgan fingerprint density at radius 2 is 1.94 bits per heavy atom. The van der Waals surface area contributed by atoms with Crippen molar-refractivity contribution in [3.63, 3.8) is 0 Å². The lowest BCUT2D eigenvalue weighted by molar-refractivity contribution is 0.0790. The molecular formula is C23H24N4O4. The van der Waals surface area contributed by atoms with Crippen molar-refractivity contribution in [2.45, 2.75) is 31.1 Å². The van der Waals surface area contributed by atoms with Crippen LogP contribution in [0.5, 0.6) is 5.75 Å². The highest BCUT2D eigenvalue weighted by Gasteiger charge is 2.34. The first-order valence-electron chi connectivity index (χ1n) is 10.5. The van der Waals surface area contributed by atoms with Crippen LogP contribution in [0.3, 0.4) is 0 Å². The van der Waals surface area contributed by atoms with Crippen molar-refractivity contribution >= 4 is 22.9 Å². The fourth-order valence-corrected chi connectivity index (χ4v) is 4.26. The van der Waals surface area contributed by atoms with Gasteiger partial charge in [-0.25, -0.2) is 4.98 Å². The molecular weight excluding hydrogens is 396 g/mol. The van der Waals surface area contributed by atoms with Gasteiger partial charge in [0, 0.05) is 43.2 Å². The number of hydrogen-bond donors (Lipinski definition) is 1. The fourth-order valence-electron chi connectivity index (χ4n) is 4.26. The number of methoxy groups -OCH3 is 1. The molecule has 0 spiro atoms. The van der Waals surface area contributed by atoms with Crippen molar-refractivity contribution in [2.75, 3.05) is 27.2 Å². The normalized spacial score (nSPS) is 18.4. The number of nitrogens with zero attached hydrogens (tertiary/aromatic N) is 3. The van der Waals surface area contributed by atoms with Crippen LogP contribution < -0.4 is 10.1 Å². The van der Waals surface area contributed by atoms with Gasteiger partial charge < -0.3 is 19.5 Å². The van der Waals surface area contributed by atoms with E-state index < -0.39 is 0 Å². The van der Waals surface area contributed by atoms with E-state index in [-0.39, 0.29) is 17.7 Å². The van der Waals surface area contributed by atoms with Crippen molar-refractivity contribution in [1.29, 1.82) is 0 Å². The van der Waals surface area contributed by atoms with Crippen LogP contribution in [0, 0.1) is 0 Å². The van der Waals surface area contributed by atoms with Gasteiger partial charge in [-0.3, -0.25) is 9.59 Å². The number of benzene rings is 1. The maximum atomic E-state index is 12.9. The zero-order valence-electron chi connectivity index (χ0n) is 17.6. The summed E-state index contributed by atoms with van der Waals surface area (Å²) in [6, 6.07) is 8.98. The van der Waals surface area contributed by atoms with E-state index in [2.05, 4.69) is 15.5 Å². The summed E-state index contributed by atoms with van der Waals surface area (Å²) in [7, 11) is 3.21. The van der Waals surface area contributed by atoms with E-state index in [0.717, 1.165) is 25.0 Å². The van der Waals surface area contributed by atoms with Gasteiger partial charge in [0.25, 0.3) is 17.5 Å². The maximum absolute atomic E-state index is 12.9. The van der Waals surface area contributed by atoms with Gasteiger partial charge in [-0.1, -0.05) is 5.16 Å². The summed E-state index contributed by atoms with van der Waals surface area (Å²) in [5.41, 5.74) is 3.15. The van der Waals surface area contributed by atoms with E-state index in [1.807, 2.05) is 11.0 Å². The molecule has 2 aliphatic rings. The minimum Gasteiger partial charge on any atom is -0.497 e. The zero-order chi connectivity index (χ0) is 21.5. The summed E-state index contributed by atoms with van der Waals surface area (Å²) in [4.78, 5) is 32.0. The Labute approximate surface area is 179 Å². The molecule has 1 aliphatic heterocycles. The Bertz CT molecular complexity index is 1150. The molecule has 1 saturated carbocycles. The Morgan fingerprint density at radius 1 is 1.16 bits per heavy atom. The van der Waals surface area contributed by atoms with Crippen LogP contribution in [0.25, 0.3) is 11.1 Å². The molecule has 2 fully saturated rings. The molecule has 0 radical (unpaired) electrons. The fraction of sp³-hybridized carbons (Fsp3) is 0.391. The SMILES string of the molecule is CNC(=O)c1cc(C2CC2)nc2onc(C3CCN(C(=O)c4ccc(OC)cc4)C3)c12. The second-order valence-corrected chi connectivity index (χ2v) is 8.16. The average Bonchev–Trinajstić information content (AvgIpc) is 3.39. The molecule has 1 aliphatic carbocycles. The molecule has 2 aromatic heterocycles. The van der Waals surface area contributed by atoms with Crippen LogP contribution in [-0.2, 0) is 0 Å². The van der Waals surface area contributed by atoms with Gasteiger partial charge in [0.2, 0.25) is 0 Å². The van der Waals surface area contributed by atoms with Gasteiger partial charge >= 0.3 is 0 Å². The van der Waals surface area contributed by atoms with Crippen LogP contribution in [0.4, 0.5) is 0 Å². The molecule has 1 aromatic carbocycles.